The smallest absolute Gasteiger partial charge is 0.0468 e. The molecule has 0 fully saturated rings. The summed E-state index contributed by atoms with van der Waals surface area (Å²) in [6.45, 7) is 4.27. The first-order chi connectivity index (χ1) is 20.2. The molecule has 0 unspecified atom stereocenters. The van der Waals surface area contributed by atoms with Crippen molar-refractivity contribution in [3.8, 4) is 22.3 Å². The lowest BCUT2D eigenvalue weighted by atomic mass is 9.85. The van der Waals surface area contributed by atoms with Crippen LogP contribution in [0.5, 0.6) is 0 Å². The van der Waals surface area contributed by atoms with Crippen molar-refractivity contribution in [2.45, 2.75) is 13.8 Å². The molecule has 0 amide bonds. The number of hydrogen-bond donors (Lipinski definition) is 0. The van der Waals surface area contributed by atoms with Crippen molar-refractivity contribution in [1.82, 2.24) is 0 Å². The molecule has 0 aliphatic rings. The Kier molecular flexibility index (Phi) is 6.34. The number of fused-ring (bicyclic) bond motifs is 2. The molecule has 0 N–H and O–H groups in total. The average Bonchev–Trinajstić information content (AvgIpc) is 3.02. The van der Waals surface area contributed by atoms with Gasteiger partial charge < -0.3 is 4.90 Å². The zero-order valence-electron chi connectivity index (χ0n) is 23.4. The lowest BCUT2D eigenvalue weighted by Gasteiger charge is -2.27. The fraction of sp³-hybridized carbons (Fsp3) is 0.0500. The van der Waals surface area contributed by atoms with Gasteiger partial charge in [-0.15, -0.1) is 0 Å². The van der Waals surface area contributed by atoms with Gasteiger partial charge in [0.15, 0.2) is 0 Å². The van der Waals surface area contributed by atoms with Gasteiger partial charge in [-0.3, -0.25) is 0 Å². The van der Waals surface area contributed by atoms with Crippen molar-refractivity contribution < 1.29 is 0 Å². The number of aryl methyl sites for hydroxylation is 2. The highest BCUT2D eigenvalue weighted by molar-refractivity contribution is 6.22. The first-order valence-electron chi connectivity index (χ1n) is 14.2. The largest absolute Gasteiger partial charge is 0.310 e. The van der Waals surface area contributed by atoms with E-state index >= 15 is 0 Å². The summed E-state index contributed by atoms with van der Waals surface area (Å²) in [7, 11) is 0. The van der Waals surface area contributed by atoms with Crippen LogP contribution in [-0.4, -0.2) is 0 Å². The Hall–Kier alpha value is -5.14. The number of hydrogen-bond acceptors (Lipinski definition) is 1. The number of anilines is 3. The van der Waals surface area contributed by atoms with Crippen molar-refractivity contribution in [3.63, 3.8) is 0 Å². The second-order valence-electron chi connectivity index (χ2n) is 10.8. The number of nitrogens with zero attached hydrogens (tertiary/aromatic N) is 1. The van der Waals surface area contributed by atoms with E-state index in [9.17, 15) is 0 Å². The molecule has 0 radical (unpaired) electrons. The van der Waals surface area contributed by atoms with Crippen molar-refractivity contribution in [2.75, 3.05) is 4.90 Å². The second-order valence-corrected chi connectivity index (χ2v) is 10.8. The summed E-state index contributed by atoms with van der Waals surface area (Å²) in [5.74, 6) is 0. The van der Waals surface area contributed by atoms with Gasteiger partial charge in [-0.25, -0.2) is 0 Å². The van der Waals surface area contributed by atoms with E-state index in [4.69, 9.17) is 0 Å². The molecule has 0 bridgehead atoms. The van der Waals surface area contributed by atoms with Crippen LogP contribution in [0, 0.1) is 13.8 Å². The SMILES string of the molecule is Cc1ccc(N(c2ccc(C)cc2)c2ccc3c(-c4ccccc4)c4ccccc4c(-c4ccccc4)c3c2)cc1. The van der Waals surface area contributed by atoms with E-state index in [1.54, 1.807) is 0 Å². The van der Waals surface area contributed by atoms with Crippen LogP contribution in [0.3, 0.4) is 0 Å². The number of rotatable bonds is 5. The van der Waals surface area contributed by atoms with Crippen molar-refractivity contribution in [2.24, 2.45) is 0 Å². The van der Waals surface area contributed by atoms with Gasteiger partial charge in [0.05, 0.1) is 0 Å². The average molecular weight is 526 g/mol. The maximum absolute atomic E-state index is 2.39. The molecular formula is C40H31N. The fourth-order valence-electron chi connectivity index (χ4n) is 5.97. The fourth-order valence-corrected chi connectivity index (χ4v) is 5.97. The topological polar surface area (TPSA) is 3.24 Å². The van der Waals surface area contributed by atoms with Gasteiger partial charge in [0, 0.05) is 17.1 Å². The van der Waals surface area contributed by atoms with Gasteiger partial charge in [0.2, 0.25) is 0 Å². The van der Waals surface area contributed by atoms with E-state index in [0.29, 0.717) is 0 Å². The highest BCUT2D eigenvalue weighted by Gasteiger charge is 2.19. The second kappa shape index (κ2) is 10.4. The molecule has 0 heterocycles. The Labute approximate surface area is 242 Å². The third-order valence-corrected chi connectivity index (χ3v) is 7.98. The minimum atomic E-state index is 1.14. The predicted octanol–water partition coefficient (Wildman–Crippen LogP) is 11.4. The lowest BCUT2D eigenvalue weighted by Crippen LogP contribution is -2.10. The van der Waals surface area contributed by atoms with Crippen LogP contribution >= 0.6 is 0 Å². The zero-order chi connectivity index (χ0) is 27.8. The van der Waals surface area contributed by atoms with E-state index in [-0.39, 0.29) is 0 Å². The van der Waals surface area contributed by atoms with Crippen LogP contribution < -0.4 is 4.90 Å². The van der Waals surface area contributed by atoms with Crippen LogP contribution in [-0.2, 0) is 0 Å². The Morgan fingerprint density at radius 1 is 0.341 bits per heavy atom. The van der Waals surface area contributed by atoms with Gasteiger partial charge in [0.1, 0.15) is 0 Å². The first kappa shape index (κ1) is 24.9. The summed E-state index contributed by atoms with van der Waals surface area (Å²) < 4.78 is 0. The molecule has 0 atom stereocenters. The minimum absolute atomic E-state index is 1.14. The third-order valence-electron chi connectivity index (χ3n) is 7.98. The Morgan fingerprint density at radius 3 is 1.22 bits per heavy atom. The van der Waals surface area contributed by atoms with Crippen LogP contribution in [0.4, 0.5) is 17.1 Å². The van der Waals surface area contributed by atoms with Crippen molar-refractivity contribution >= 4 is 38.6 Å². The van der Waals surface area contributed by atoms with Gasteiger partial charge in [-0.05, 0) is 94.0 Å². The van der Waals surface area contributed by atoms with Gasteiger partial charge in [-0.2, -0.15) is 0 Å². The quantitative estimate of drug-likeness (QED) is 0.202. The van der Waals surface area contributed by atoms with E-state index in [2.05, 4.69) is 170 Å². The molecule has 0 aromatic heterocycles. The van der Waals surface area contributed by atoms with Crippen LogP contribution in [0.2, 0.25) is 0 Å². The van der Waals surface area contributed by atoms with Crippen molar-refractivity contribution in [3.05, 3.63) is 163 Å². The molecule has 0 saturated heterocycles. The first-order valence-corrected chi connectivity index (χ1v) is 14.2. The molecule has 0 aliphatic carbocycles. The molecule has 7 rings (SSSR count). The summed E-state index contributed by atoms with van der Waals surface area (Å²) in [6.07, 6.45) is 0. The molecule has 196 valence electrons. The summed E-state index contributed by atoms with van der Waals surface area (Å²) in [4.78, 5) is 2.37. The maximum Gasteiger partial charge on any atom is 0.0468 e. The van der Waals surface area contributed by atoms with Gasteiger partial charge in [-0.1, -0.05) is 126 Å². The molecule has 0 aliphatic heterocycles. The molecule has 0 saturated carbocycles. The van der Waals surface area contributed by atoms with Gasteiger partial charge >= 0.3 is 0 Å². The maximum atomic E-state index is 2.39. The molecule has 41 heavy (non-hydrogen) atoms. The Balaban J connectivity index is 1.58. The predicted molar refractivity (Wildman–Crippen MR) is 176 cm³/mol. The van der Waals surface area contributed by atoms with E-state index in [0.717, 1.165) is 17.1 Å². The summed E-state index contributed by atoms with van der Waals surface area (Å²) in [5, 5.41) is 5.03. The highest BCUT2D eigenvalue weighted by atomic mass is 15.1. The molecule has 0 spiro atoms. The van der Waals surface area contributed by atoms with Crippen LogP contribution in [0.25, 0.3) is 43.8 Å². The monoisotopic (exact) mass is 525 g/mol. The van der Waals surface area contributed by atoms with Crippen LogP contribution in [0.15, 0.2) is 152 Å². The molecule has 1 nitrogen and oxygen atoms in total. The highest BCUT2D eigenvalue weighted by Crippen LogP contribution is 2.46. The standard InChI is InChI=1S/C40H31N/c1-28-17-21-32(22-18-28)41(33-23-19-29(2)20-24-33)34-25-26-37-38(27-34)40(31-13-7-4-8-14-31)36-16-10-9-15-35(36)39(37)30-11-5-3-6-12-30/h3-27H,1-2H3. The lowest BCUT2D eigenvalue weighted by molar-refractivity contribution is 1.27. The third kappa shape index (κ3) is 4.56. The normalized spacial score (nSPS) is 11.2. The Bertz CT molecular complexity index is 1930. The summed E-state index contributed by atoms with van der Waals surface area (Å²) in [5.41, 5.74) is 10.9. The summed E-state index contributed by atoms with van der Waals surface area (Å²) >= 11 is 0. The molecule has 7 aromatic rings. The number of benzene rings is 7. The van der Waals surface area contributed by atoms with Crippen LogP contribution in [0.1, 0.15) is 11.1 Å². The van der Waals surface area contributed by atoms with E-state index in [1.165, 1.54) is 54.9 Å². The summed E-state index contributed by atoms with van der Waals surface area (Å²) in [6, 6.07) is 55.1. The van der Waals surface area contributed by atoms with E-state index < -0.39 is 0 Å². The molecule has 7 aromatic carbocycles. The van der Waals surface area contributed by atoms with Crippen molar-refractivity contribution in [1.29, 1.82) is 0 Å². The van der Waals surface area contributed by atoms with Gasteiger partial charge in [0.25, 0.3) is 0 Å². The van der Waals surface area contributed by atoms with E-state index in [1.807, 2.05) is 0 Å². The molecular weight excluding hydrogens is 494 g/mol. The minimum Gasteiger partial charge on any atom is -0.310 e. The Morgan fingerprint density at radius 2 is 0.732 bits per heavy atom. The zero-order valence-corrected chi connectivity index (χ0v) is 23.4. The molecule has 1 heteroatoms.